The Morgan fingerprint density at radius 3 is 3.22 bits per heavy atom. The Morgan fingerprint density at radius 1 is 1.39 bits per heavy atom. The number of morpholine rings is 1. The molecule has 1 unspecified atom stereocenters. The quantitative estimate of drug-likeness (QED) is 0.874. The zero-order chi connectivity index (χ0) is 12.2. The molecule has 5 nitrogen and oxygen atoms in total. The maximum atomic E-state index is 5.72. The summed E-state index contributed by atoms with van der Waals surface area (Å²) in [5, 5.41) is 13.3. The van der Waals surface area contributed by atoms with Crippen LogP contribution in [0.15, 0.2) is 30.5 Å². The summed E-state index contributed by atoms with van der Waals surface area (Å²) in [4.78, 5) is 0. The van der Waals surface area contributed by atoms with Crippen LogP contribution in [0.1, 0.15) is 0 Å². The Bertz CT molecular complexity index is 521. The van der Waals surface area contributed by atoms with E-state index in [9.17, 15) is 0 Å². The zero-order valence-electron chi connectivity index (χ0n) is 10.0. The summed E-state index contributed by atoms with van der Waals surface area (Å²) in [6.07, 6.45) is 1.82. The number of ether oxygens (including phenoxy) is 2. The normalized spacial score (nSPS) is 19.9. The smallest absolute Gasteiger partial charge is 0.241 e. The van der Waals surface area contributed by atoms with E-state index >= 15 is 0 Å². The van der Waals surface area contributed by atoms with Crippen LogP contribution in [0.25, 0.3) is 10.8 Å². The van der Waals surface area contributed by atoms with Gasteiger partial charge in [-0.2, -0.15) is 5.10 Å². The van der Waals surface area contributed by atoms with Gasteiger partial charge in [0.1, 0.15) is 12.7 Å². The van der Waals surface area contributed by atoms with E-state index in [1.165, 1.54) is 0 Å². The van der Waals surface area contributed by atoms with Gasteiger partial charge in [-0.15, -0.1) is 5.10 Å². The van der Waals surface area contributed by atoms with Crippen LogP contribution in [0, 0.1) is 0 Å². The van der Waals surface area contributed by atoms with Gasteiger partial charge in [0, 0.05) is 23.9 Å². The second-order valence-corrected chi connectivity index (χ2v) is 4.24. The molecule has 1 aliphatic heterocycles. The molecule has 1 saturated heterocycles. The molecule has 94 valence electrons. The van der Waals surface area contributed by atoms with Crippen molar-refractivity contribution in [3.05, 3.63) is 30.5 Å². The van der Waals surface area contributed by atoms with Crippen LogP contribution in [0.3, 0.4) is 0 Å². The molecule has 1 aromatic heterocycles. The number of hydrogen-bond acceptors (Lipinski definition) is 5. The van der Waals surface area contributed by atoms with Crippen molar-refractivity contribution in [2.75, 3.05) is 26.3 Å². The van der Waals surface area contributed by atoms with E-state index in [0.717, 1.165) is 30.5 Å². The minimum atomic E-state index is 0.0829. The minimum absolute atomic E-state index is 0.0829. The molecule has 0 aliphatic carbocycles. The molecule has 1 N–H and O–H groups in total. The van der Waals surface area contributed by atoms with Gasteiger partial charge in [0.15, 0.2) is 0 Å². The summed E-state index contributed by atoms with van der Waals surface area (Å²) in [6.45, 7) is 2.95. The number of benzene rings is 1. The van der Waals surface area contributed by atoms with Gasteiger partial charge in [-0.1, -0.05) is 18.2 Å². The number of fused-ring (bicyclic) bond motifs is 1. The van der Waals surface area contributed by atoms with Gasteiger partial charge >= 0.3 is 0 Å². The molecule has 2 aromatic rings. The van der Waals surface area contributed by atoms with Crippen molar-refractivity contribution in [2.45, 2.75) is 6.10 Å². The maximum absolute atomic E-state index is 5.72. The SMILES string of the molecule is c1ccc2c(OCC3CNCCO3)nncc2c1. The van der Waals surface area contributed by atoms with Gasteiger partial charge in [0.25, 0.3) is 0 Å². The highest BCUT2D eigenvalue weighted by Gasteiger charge is 2.15. The van der Waals surface area contributed by atoms with Crippen LogP contribution in [0.5, 0.6) is 5.88 Å². The topological polar surface area (TPSA) is 56.3 Å². The molecule has 3 rings (SSSR count). The van der Waals surface area contributed by atoms with Crippen molar-refractivity contribution in [1.29, 1.82) is 0 Å². The van der Waals surface area contributed by atoms with Crippen LogP contribution >= 0.6 is 0 Å². The van der Waals surface area contributed by atoms with Crippen LogP contribution in [0.2, 0.25) is 0 Å². The summed E-state index contributed by atoms with van der Waals surface area (Å²) < 4.78 is 11.3. The van der Waals surface area contributed by atoms with Gasteiger partial charge in [-0.3, -0.25) is 0 Å². The van der Waals surface area contributed by atoms with Crippen molar-refractivity contribution >= 4 is 10.8 Å². The first-order valence-corrected chi connectivity index (χ1v) is 6.09. The van der Waals surface area contributed by atoms with E-state index in [0.29, 0.717) is 12.5 Å². The number of aromatic nitrogens is 2. The fourth-order valence-electron chi connectivity index (χ4n) is 2.01. The van der Waals surface area contributed by atoms with Crippen LogP contribution in [0.4, 0.5) is 0 Å². The van der Waals surface area contributed by atoms with Crippen molar-refractivity contribution in [1.82, 2.24) is 15.5 Å². The highest BCUT2D eigenvalue weighted by Crippen LogP contribution is 2.21. The van der Waals surface area contributed by atoms with E-state index < -0.39 is 0 Å². The predicted molar refractivity (Wildman–Crippen MR) is 67.6 cm³/mol. The Morgan fingerprint density at radius 2 is 2.33 bits per heavy atom. The first kappa shape index (κ1) is 11.4. The third kappa shape index (κ3) is 2.42. The number of nitrogens with one attached hydrogen (secondary N) is 1. The first-order chi connectivity index (χ1) is 8.93. The molecule has 2 heterocycles. The highest BCUT2D eigenvalue weighted by atomic mass is 16.5. The molecule has 1 aliphatic rings. The lowest BCUT2D eigenvalue weighted by molar-refractivity contribution is -0.000562. The summed E-state index contributed by atoms with van der Waals surface area (Å²) >= 11 is 0. The molecular formula is C13H15N3O2. The van der Waals surface area contributed by atoms with Crippen molar-refractivity contribution in [2.24, 2.45) is 0 Å². The van der Waals surface area contributed by atoms with E-state index in [1.54, 1.807) is 6.20 Å². The van der Waals surface area contributed by atoms with Crippen LogP contribution in [-0.2, 0) is 4.74 Å². The number of hydrogen-bond donors (Lipinski definition) is 1. The molecule has 0 bridgehead atoms. The molecule has 18 heavy (non-hydrogen) atoms. The van der Waals surface area contributed by atoms with Crippen molar-refractivity contribution < 1.29 is 9.47 Å². The average Bonchev–Trinajstić information content (AvgIpc) is 2.46. The van der Waals surface area contributed by atoms with Crippen molar-refractivity contribution in [3.8, 4) is 5.88 Å². The van der Waals surface area contributed by atoms with Gasteiger partial charge in [-0.25, -0.2) is 0 Å². The second-order valence-electron chi connectivity index (χ2n) is 4.24. The Kier molecular flexibility index (Phi) is 3.34. The van der Waals surface area contributed by atoms with Crippen molar-refractivity contribution in [3.63, 3.8) is 0 Å². The fourth-order valence-corrected chi connectivity index (χ4v) is 2.01. The van der Waals surface area contributed by atoms with Gasteiger partial charge in [0.2, 0.25) is 5.88 Å². The molecule has 0 radical (unpaired) electrons. The Labute approximate surface area is 105 Å². The summed E-state index contributed by atoms with van der Waals surface area (Å²) in [7, 11) is 0. The average molecular weight is 245 g/mol. The molecule has 1 atom stereocenters. The molecule has 0 spiro atoms. The first-order valence-electron chi connectivity index (χ1n) is 6.09. The van der Waals surface area contributed by atoms with Gasteiger partial charge in [-0.05, 0) is 6.07 Å². The number of nitrogens with zero attached hydrogens (tertiary/aromatic N) is 2. The lowest BCUT2D eigenvalue weighted by Gasteiger charge is -2.23. The number of rotatable bonds is 3. The van der Waals surface area contributed by atoms with Gasteiger partial charge in [0.05, 0.1) is 12.8 Å². The standard InChI is InChI=1S/C13H15N3O2/c1-2-4-12-10(3-1)7-15-16-13(12)18-9-11-8-14-5-6-17-11/h1-4,7,11,14H,5-6,8-9H2. The molecule has 0 amide bonds. The molecule has 5 heteroatoms. The lowest BCUT2D eigenvalue weighted by Crippen LogP contribution is -2.41. The Hall–Kier alpha value is -1.72. The fraction of sp³-hybridized carbons (Fsp3) is 0.385. The lowest BCUT2D eigenvalue weighted by atomic mass is 10.2. The molecular weight excluding hydrogens is 230 g/mol. The second kappa shape index (κ2) is 5.29. The minimum Gasteiger partial charge on any atom is -0.473 e. The summed E-state index contributed by atoms with van der Waals surface area (Å²) in [5.74, 6) is 0.572. The third-order valence-corrected chi connectivity index (χ3v) is 2.95. The molecule has 0 saturated carbocycles. The highest BCUT2D eigenvalue weighted by molar-refractivity contribution is 5.85. The maximum Gasteiger partial charge on any atom is 0.241 e. The largest absolute Gasteiger partial charge is 0.473 e. The van der Waals surface area contributed by atoms with Crippen LogP contribution in [-0.4, -0.2) is 42.6 Å². The van der Waals surface area contributed by atoms with Gasteiger partial charge < -0.3 is 14.8 Å². The molecule has 1 aromatic carbocycles. The van der Waals surface area contributed by atoms with E-state index in [4.69, 9.17) is 9.47 Å². The summed E-state index contributed by atoms with van der Waals surface area (Å²) in [5.41, 5.74) is 0. The van der Waals surface area contributed by atoms with E-state index in [2.05, 4.69) is 15.5 Å². The monoisotopic (exact) mass is 245 g/mol. The van der Waals surface area contributed by atoms with E-state index in [-0.39, 0.29) is 6.10 Å². The van der Waals surface area contributed by atoms with E-state index in [1.807, 2.05) is 24.3 Å². The molecule has 1 fully saturated rings. The van der Waals surface area contributed by atoms with Crippen LogP contribution < -0.4 is 10.1 Å². The third-order valence-electron chi connectivity index (χ3n) is 2.95. The zero-order valence-corrected chi connectivity index (χ0v) is 10.0. The predicted octanol–water partition coefficient (Wildman–Crippen LogP) is 0.997. The summed E-state index contributed by atoms with van der Waals surface area (Å²) in [6, 6.07) is 7.92. The Balaban J connectivity index is 1.74.